The van der Waals surface area contributed by atoms with E-state index in [-0.39, 0.29) is 18.4 Å². The number of alkyl halides is 3. The number of hydrogen-bond acceptors (Lipinski definition) is 2. The van der Waals surface area contributed by atoms with Crippen LogP contribution >= 0.6 is 0 Å². The molecule has 0 fully saturated rings. The molecular weight excluding hydrogens is 237 g/mol. The number of carbonyl (C=O) groups is 1. The van der Waals surface area contributed by atoms with Crippen molar-refractivity contribution in [2.24, 2.45) is 0 Å². The van der Waals surface area contributed by atoms with Crippen molar-refractivity contribution in [1.29, 1.82) is 0 Å². The maximum atomic E-state index is 12.8. The molecule has 0 aromatic heterocycles. The van der Waals surface area contributed by atoms with E-state index in [2.05, 4.69) is 4.74 Å². The molecule has 0 spiro atoms. The van der Waals surface area contributed by atoms with Gasteiger partial charge in [0.05, 0.1) is 0 Å². The highest BCUT2D eigenvalue weighted by atomic mass is 19.4. The monoisotopic (exact) mass is 254 g/mol. The van der Waals surface area contributed by atoms with E-state index < -0.39 is 23.5 Å². The van der Waals surface area contributed by atoms with Gasteiger partial charge in [-0.2, -0.15) is 13.2 Å². The van der Waals surface area contributed by atoms with Gasteiger partial charge in [-0.05, 0) is 32.3 Å². The zero-order valence-electron chi connectivity index (χ0n) is 10.3. The molecule has 0 aromatic carbocycles. The third-order valence-corrected chi connectivity index (χ3v) is 2.30. The quantitative estimate of drug-likeness (QED) is 0.764. The summed E-state index contributed by atoms with van der Waals surface area (Å²) < 4.78 is 42.9. The van der Waals surface area contributed by atoms with Crippen molar-refractivity contribution in [1.82, 2.24) is 0 Å². The Morgan fingerprint density at radius 1 is 1.18 bits per heavy atom. The Morgan fingerprint density at radius 2 is 1.59 bits per heavy atom. The van der Waals surface area contributed by atoms with Crippen molar-refractivity contribution in [3.63, 3.8) is 0 Å². The summed E-state index contributed by atoms with van der Waals surface area (Å²) >= 11 is 0. The maximum Gasteiger partial charge on any atom is 0.448 e. The first kappa shape index (κ1) is 15.8. The number of hydrogen-bond donors (Lipinski definition) is 1. The number of carboxylic acids is 1. The molecular formula is C11H17F3O3. The van der Waals surface area contributed by atoms with Gasteiger partial charge in [-0.15, -0.1) is 0 Å². The standard InChI is InChI=1S/C11H17F3O3/c1-5-7(6-2)8(11(12,13)14)17-10(3,4)9(15)16/h5-6H2,1-4H3,(H,15,16). The lowest BCUT2D eigenvalue weighted by Gasteiger charge is -2.26. The van der Waals surface area contributed by atoms with Crippen LogP contribution in [0, 0.1) is 0 Å². The lowest BCUT2D eigenvalue weighted by Crippen LogP contribution is -2.37. The van der Waals surface area contributed by atoms with Crippen LogP contribution in [-0.2, 0) is 9.53 Å². The molecule has 0 rings (SSSR count). The van der Waals surface area contributed by atoms with E-state index in [1.165, 1.54) is 0 Å². The summed E-state index contributed by atoms with van der Waals surface area (Å²) in [7, 11) is 0. The first-order valence-corrected chi connectivity index (χ1v) is 5.27. The molecule has 100 valence electrons. The minimum atomic E-state index is -4.67. The number of aliphatic carboxylic acids is 1. The largest absolute Gasteiger partial charge is 0.478 e. The van der Waals surface area contributed by atoms with E-state index >= 15 is 0 Å². The number of rotatable bonds is 5. The summed E-state index contributed by atoms with van der Waals surface area (Å²) in [6.07, 6.45) is -4.34. The fourth-order valence-corrected chi connectivity index (χ4v) is 1.20. The van der Waals surface area contributed by atoms with E-state index in [9.17, 15) is 18.0 Å². The Balaban J connectivity index is 5.40. The third-order valence-electron chi connectivity index (χ3n) is 2.30. The number of halogens is 3. The zero-order valence-corrected chi connectivity index (χ0v) is 10.3. The van der Waals surface area contributed by atoms with Crippen molar-refractivity contribution in [2.45, 2.75) is 52.3 Å². The molecule has 0 aliphatic rings. The van der Waals surface area contributed by atoms with Crippen molar-refractivity contribution >= 4 is 5.97 Å². The Kier molecular flexibility index (Phi) is 5.04. The van der Waals surface area contributed by atoms with Gasteiger partial charge in [0, 0.05) is 0 Å². The molecule has 0 saturated heterocycles. The molecule has 0 bridgehead atoms. The summed E-state index contributed by atoms with van der Waals surface area (Å²) in [6.45, 7) is 5.32. The molecule has 3 nitrogen and oxygen atoms in total. The van der Waals surface area contributed by atoms with Gasteiger partial charge in [-0.3, -0.25) is 0 Å². The fraction of sp³-hybridized carbons (Fsp3) is 0.727. The first-order chi connectivity index (χ1) is 7.56. The molecule has 0 amide bonds. The van der Waals surface area contributed by atoms with Crippen LogP contribution < -0.4 is 0 Å². The predicted octanol–water partition coefficient (Wildman–Crippen LogP) is 3.50. The van der Waals surface area contributed by atoms with Gasteiger partial charge in [-0.1, -0.05) is 13.8 Å². The van der Waals surface area contributed by atoms with E-state index in [0.717, 1.165) is 13.8 Å². The van der Waals surface area contributed by atoms with Crippen LogP contribution in [0.1, 0.15) is 40.5 Å². The van der Waals surface area contributed by atoms with Crippen LogP contribution in [0.3, 0.4) is 0 Å². The van der Waals surface area contributed by atoms with Gasteiger partial charge in [0.1, 0.15) is 0 Å². The second-order valence-corrected chi connectivity index (χ2v) is 4.06. The van der Waals surface area contributed by atoms with Crippen molar-refractivity contribution in [3.8, 4) is 0 Å². The summed E-state index contributed by atoms with van der Waals surface area (Å²) in [5.74, 6) is -2.62. The molecule has 0 aromatic rings. The molecule has 0 aliphatic heterocycles. The van der Waals surface area contributed by atoms with Crippen LogP contribution in [0.5, 0.6) is 0 Å². The second-order valence-electron chi connectivity index (χ2n) is 4.06. The molecule has 0 heterocycles. The van der Waals surface area contributed by atoms with Crippen molar-refractivity contribution in [3.05, 3.63) is 11.3 Å². The molecule has 0 radical (unpaired) electrons. The van der Waals surface area contributed by atoms with Crippen LogP contribution in [0.4, 0.5) is 13.2 Å². The van der Waals surface area contributed by atoms with Crippen LogP contribution in [0.15, 0.2) is 11.3 Å². The van der Waals surface area contributed by atoms with Gasteiger partial charge in [0.15, 0.2) is 5.60 Å². The van der Waals surface area contributed by atoms with Gasteiger partial charge in [-0.25, -0.2) is 4.79 Å². The van der Waals surface area contributed by atoms with E-state index in [4.69, 9.17) is 5.11 Å². The highest BCUT2D eigenvalue weighted by molar-refractivity contribution is 5.76. The predicted molar refractivity (Wildman–Crippen MR) is 56.5 cm³/mol. The smallest absolute Gasteiger partial charge is 0.448 e. The minimum Gasteiger partial charge on any atom is -0.478 e. The lowest BCUT2D eigenvalue weighted by molar-refractivity contribution is -0.176. The lowest BCUT2D eigenvalue weighted by atomic mass is 10.1. The zero-order chi connectivity index (χ0) is 13.9. The highest BCUT2D eigenvalue weighted by Crippen LogP contribution is 2.34. The van der Waals surface area contributed by atoms with Gasteiger partial charge >= 0.3 is 12.1 Å². The highest BCUT2D eigenvalue weighted by Gasteiger charge is 2.43. The Morgan fingerprint density at radius 3 is 1.82 bits per heavy atom. The average Bonchev–Trinajstić information content (AvgIpc) is 2.16. The topological polar surface area (TPSA) is 46.5 Å². The van der Waals surface area contributed by atoms with E-state index in [1.54, 1.807) is 13.8 Å². The van der Waals surface area contributed by atoms with Crippen LogP contribution in [0.2, 0.25) is 0 Å². The van der Waals surface area contributed by atoms with E-state index in [1.807, 2.05) is 0 Å². The third kappa shape index (κ3) is 4.28. The van der Waals surface area contributed by atoms with Gasteiger partial charge < -0.3 is 9.84 Å². The molecule has 6 heteroatoms. The Hall–Kier alpha value is -1.20. The summed E-state index contributed by atoms with van der Waals surface area (Å²) in [6, 6.07) is 0. The number of ether oxygens (including phenoxy) is 1. The molecule has 0 atom stereocenters. The van der Waals surface area contributed by atoms with Gasteiger partial charge in [0.2, 0.25) is 5.76 Å². The fourth-order valence-electron chi connectivity index (χ4n) is 1.20. The minimum absolute atomic E-state index is 0.0619. The van der Waals surface area contributed by atoms with Gasteiger partial charge in [0.25, 0.3) is 0 Å². The average molecular weight is 254 g/mol. The van der Waals surface area contributed by atoms with Crippen LogP contribution in [0.25, 0.3) is 0 Å². The van der Waals surface area contributed by atoms with Crippen molar-refractivity contribution < 1.29 is 27.8 Å². The molecule has 0 aliphatic carbocycles. The summed E-state index contributed by atoms with van der Waals surface area (Å²) in [5.41, 5.74) is -1.84. The SMILES string of the molecule is CCC(CC)=C(OC(C)(C)C(=O)O)C(F)(F)F. The Labute approximate surface area is 98.3 Å². The number of carboxylic acid groups (broad SMARTS) is 1. The first-order valence-electron chi connectivity index (χ1n) is 5.27. The molecule has 0 unspecified atom stereocenters. The molecule has 1 N–H and O–H groups in total. The summed E-state index contributed by atoms with van der Waals surface area (Å²) in [5, 5.41) is 8.77. The van der Waals surface area contributed by atoms with Crippen LogP contribution in [-0.4, -0.2) is 22.9 Å². The maximum absolute atomic E-state index is 12.8. The normalized spacial score (nSPS) is 12.2. The molecule has 17 heavy (non-hydrogen) atoms. The summed E-state index contributed by atoms with van der Waals surface area (Å²) in [4.78, 5) is 10.8. The second kappa shape index (κ2) is 5.42. The van der Waals surface area contributed by atoms with Crippen molar-refractivity contribution in [2.75, 3.05) is 0 Å². The number of allylic oxidation sites excluding steroid dienone is 2. The molecule has 0 saturated carbocycles. The Bertz CT molecular complexity index is 310. The van der Waals surface area contributed by atoms with E-state index in [0.29, 0.717) is 0 Å².